The number of carbonyl (C=O) groups is 2. The first-order valence-corrected chi connectivity index (χ1v) is 20.7. The number of benzene rings is 4. The lowest BCUT2D eigenvalue weighted by Gasteiger charge is -2.26. The number of alkyl halides is 1. The van der Waals surface area contributed by atoms with Crippen molar-refractivity contribution in [2.24, 2.45) is 0 Å². The van der Waals surface area contributed by atoms with E-state index < -0.39 is 6.03 Å². The summed E-state index contributed by atoms with van der Waals surface area (Å²) in [5.74, 6) is 2.79. The maximum Gasteiger partial charge on any atom is 0.324 e. The normalized spacial score (nSPS) is 12.8. The minimum Gasteiger partial charge on any atom is -0.497 e. The van der Waals surface area contributed by atoms with Crippen molar-refractivity contribution in [2.75, 3.05) is 74.5 Å². The zero-order chi connectivity index (χ0) is 43.4. The van der Waals surface area contributed by atoms with E-state index in [-0.39, 0.29) is 24.6 Å². The molecule has 61 heavy (non-hydrogen) atoms. The van der Waals surface area contributed by atoms with E-state index in [9.17, 15) is 9.59 Å². The summed E-state index contributed by atoms with van der Waals surface area (Å²) in [5, 5.41) is 18.6. The van der Waals surface area contributed by atoms with Crippen LogP contribution in [0.3, 0.4) is 0 Å². The molecular weight excluding hydrogens is 889 g/mol. The van der Waals surface area contributed by atoms with Gasteiger partial charge in [-0.25, -0.2) is 19.4 Å². The molecule has 4 N–H and O–H groups in total. The molecule has 0 saturated carbocycles. The van der Waals surface area contributed by atoms with Gasteiger partial charge in [0.2, 0.25) is 5.88 Å². The first-order chi connectivity index (χ1) is 29.5. The largest absolute Gasteiger partial charge is 0.497 e. The van der Waals surface area contributed by atoms with E-state index in [1.54, 1.807) is 55.3 Å². The molecule has 15 nitrogen and oxygen atoms in total. The summed E-state index contributed by atoms with van der Waals surface area (Å²) in [6, 6.07) is 26.9. The topological polar surface area (TPSA) is 166 Å². The molecule has 6 aromatic rings. The molecule has 1 aliphatic heterocycles. The highest BCUT2D eigenvalue weighted by Crippen LogP contribution is 2.35. The molecule has 3 heterocycles. The van der Waals surface area contributed by atoms with Crippen LogP contribution >= 0.6 is 22.6 Å². The molecule has 1 aliphatic rings. The SMILES string of the molecule is C.COc1ccc(-n2nc(C(C)(C)C)cc2NC(=O)Nc2ccc(Oc3cc(Nc4cc(OC)cc(C(=O)NCCN5CCOCC5)c4)ncn3)c3ccccc23)cc1.[2H]CI. The Labute approximate surface area is 372 Å². The fourth-order valence-corrected chi connectivity index (χ4v) is 6.39. The minimum absolute atomic E-state index is 0. The molecule has 7 rings (SSSR count). The first kappa shape index (κ1) is 44.6. The maximum atomic E-state index is 13.6. The van der Waals surface area contributed by atoms with Crippen LogP contribution < -0.4 is 35.5 Å². The lowest BCUT2D eigenvalue weighted by Crippen LogP contribution is -2.41. The number of hydrogen-bond donors (Lipinski definition) is 4. The zero-order valence-electron chi connectivity index (χ0n) is 35.3. The number of ether oxygens (including phenoxy) is 4. The summed E-state index contributed by atoms with van der Waals surface area (Å²) < 4.78 is 30.4. The van der Waals surface area contributed by atoms with Gasteiger partial charge in [-0.2, -0.15) is 5.10 Å². The van der Waals surface area contributed by atoms with Crippen molar-refractivity contribution in [3.8, 4) is 28.8 Å². The summed E-state index contributed by atoms with van der Waals surface area (Å²) in [6.07, 6.45) is 1.39. The molecule has 322 valence electrons. The molecule has 2 aromatic heterocycles. The van der Waals surface area contributed by atoms with E-state index in [2.05, 4.69) is 56.9 Å². The molecule has 4 aromatic carbocycles. The van der Waals surface area contributed by atoms with Gasteiger partial charge in [0.1, 0.15) is 35.2 Å². The lowest BCUT2D eigenvalue weighted by atomic mass is 9.92. The molecule has 0 bridgehead atoms. The predicted molar refractivity (Wildman–Crippen MR) is 250 cm³/mol. The first-order valence-electron chi connectivity index (χ1n) is 19.9. The molecule has 1 saturated heterocycles. The Bertz CT molecular complexity index is 2420. The number of urea groups is 1. The van der Waals surface area contributed by atoms with Gasteiger partial charge in [0.25, 0.3) is 5.91 Å². The van der Waals surface area contributed by atoms with Crippen molar-refractivity contribution < 1.29 is 29.9 Å². The average molecular weight is 945 g/mol. The molecule has 16 heteroatoms. The predicted octanol–water partition coefficient (Wildman–Crippen LogP) is 9.06. The fraction of sp³-hybridized carbons (Fsp3) is 0.311. The zero-order valence-corrected chi connectivity index (χ0v) is 36.4. The van der Waals surface area contributed by atoms with E-state index in [1.165, 1.54) is 6.33 Å². The summed E-state index contributed by atoms with van der Waals surface area (Å²) in [7, 11) is 3.17. The lowest BCUT2D eigenvalue weighted by molar-refractivity contribution is 0.0383. The van der Waals surface area contributed by atoms with Crippen molar-refractivity contribution >= 4 is 68.3 Å². The smallest absolute Gasteiger partial charge is 0.324 e. The van der Waals surface area contributed by atoms with Crippen LogP contribution in [0.1, 0.15) is 45.6 Å². The van der Waals surface area contributed by atoms with Crippen molar-refractivity contribution in [3.63, 3.8) is 0 Å². The average Bonchev–Trinajstić information content (AvgIpc) is 3.69. The molecular formula is C45H54IN9O6. The summed E-state index contributed by atoms with van der Waals surface area (Å²) in [4.78, 5) is 38.1. The number of halogens is 1. The highest BCUT2D eigenvalue weighted by atomic mass is 127. The Kier molecular flexibility index (Phi) is 15.7. The molecule has 0 atom stereocenters. The number of nitrogens with zero attached hydrogens (tertiary/aromatic N) is 5. The second kappa shape index (κ2) is 21.5. The number of methoxy groups -OCH3 is 2. The molecule has 0 spiro atoms. The van der Waals surface area contributed by atoms with Crippen molar-refractivity contribution in [1.29, 1.82) is 0 Å². The van der Waals surface area contributed by atoms with Gasteiger partial charge in [-0.1, -0.05) is 75.1 Å². The number of hydrogen-bond acceptors (Lipinski definition) is 11. The number of anilines is 4. The Morgan fingerprint density at radius 2 is 1.61 bits per heavy atom. The summed E-state index contributed by atoms with van der Waals surface area (Å²) in [5.41, 5.74) is 2.96. The number of amides is 3. The van der Waals surface area contributed by atoms with Crippen LogP contribution in [0, 0.1) is 0 Å². The van der Waals surface area contributed by atoms with Gasteiger partial charge in [0, 0.05) is 73.2 Å². The van der Waals surface area contributed by atoms with E-state index in [4.69, 9.17) is 25.4 Å². The van der Waals surface area contributed by atoms with Crippen LogP contribution in [0.5, 0.6) is 23.1 Å². The Balaban J connectivity index is 0.00000176. The number of morpholine rings is 1. The van der Waals surface area contributed by atoms with Crippen molar-refractivity contribution in [2.45, 2.75) is 33.6 Å². The van der Waals surface area contributed by atoms with Gasteiger partial charge in [-0.3, -0.25) is 15.0 Å². The highest BCUT2D eigenvalue weighted by Gasteiger charge is 2.22. The van der Waals surface area contributed by atoms with E-state index in [0.29, 0.717) is 64.7 Å². The second-order valence-corrected chi connectivity index (χ2v) is 14.6. The maximum absolute atomic E-state index is 13.6. The van der Waals surface area contributed by atoms with Gasteiger partial charge < -0.3 is 34.9 Å². The van der Waals surface area contributed by atoms with Gasteiger partial charge >= 0.3 is 6.03 Å². The summed E-state index contributed by atoms with van der Waals surface area (Å²) >= 11 is 1.96. The van der Waals surface area contributed by atoms with Gasteiger partial charge in [0.05, 0.1) is 44.5 Å². The monoisotopic (exact) mass is 944 g/mol. The number of nitrogens with one attached hydrogen (secondary N) is 4. The molecule has 1 fully saturated rings. The Hall–Kier alpha value is -5.98. The van der Waals surface area contributed by atoms with Crippen LogP contribution in [0.4, 0.5) is 27.8 Å². The Morgan fingerprint density at radius 3 is 2.31 bits per heavy atom. The van der Waals surface area contributed by atoms with Crippen LogP contribution in [0.25, 0.3) is 16.5 Å². The van der Waals surface area contributed by atoms with Crippen molar-refractivity contribution in [3.05, 3.63) is 109 Å². The standard InChI is InChI=1S/C43H47N9O6.CH3I.CH4/c1-43(2,3)37-25-39(52(50-37)30-10-12-31(55-4)13-11-30)49-42(54)48-35-14-15-36(34-9-7-6-8-33(34)35)58-40-26-38(45-27-46-40)47-29-22-28(23-32(24-29)56-5)41(53)44-16-17-51-18-20-57-21-19-51;1-2;/h6-15,22-27H,16-21H2,1-5H3,(H,44,53)(H,45,46,47)(H2,48,49,54);1H3;1H4/i;1D;. The highest BCUT2D eigenvalue weighted by molar-refractivity contribution is 14.1. The number of rotatable bonds is 13. The quantitative estimate of drug-likeness (QED) is 0.0645. The Morgan fingerprint density at radius 1 is 0.885 bits per heavy atom. The van der Waals surface area contributed by atoms with Crippen LogP contribution in [-0.4, -0.2) is 95.1 Å². The molecule has 0 aliphatic carbocycles. The van der Waals surface area contributed by atoms with Crippen LogP contribution in [0.15, 0.2) is 97.3 Å². The van der Waals surface area contributed by atoms with E-state index in [1.807, 2.05) is 77.2 Å². The summed E-state index contributed by atoms with van der Waals surface area (Å²) in [6.45, 7) is 10.6. The van der Waals surface area contributed by atoms with E-state index in [0.717, 1.165) is 47.5 Å². The minimum atomic E-state index is -0.438. The number of fused-ring (bicyclic) bond motifs is 1. The molecule has 3 amide bonds. The van der Waals surface area contributed by atoms with E-state index >= 15 is 0 Å². The van der Waals surface area contributed by atoms with Gasteiger partial charge in [-0.05, 0) is 53.4 Å². The van der Waals surface area contributed by atoms with Gasteiger partial charge in [0.15, 0.2) is 0 Å². The third-order valence-corrected chi connectivity index (χ3v) is 9.52. The van der Waals surface area contributed by atoms with Crippen LogP contribution in [0.2, 0.25) is 0 Å². The third-order valence-electron chi connectivity index (χ3n) is 9.52. The number of carbonyl (C=O) groups excluding carboxylic acids is 2. The second-order valence-electron chi connectivity index (χ2n) is 14.6. The molecule has 0 radical (unpaired) electrons. The van der Waals surface area contributed by atoms with Crippen molar-refractivity contribution in [1.82, 2.24) is 30.0 Å². The van der Waals surface area contributed by atoms with Crippen LogP contribution in [-0.2, 0) is 10.2 Å². The third kappa shape index (κ3) is 12.1. The van der Waals surface area contributed by atoms with Gasteiger partial charge in [-0.15, -0.1) is 0 Å². The number of aromatic nitrogens is 4. The fourth-order valence-electron chi connectivity index (χ4n) is 6.39. The molecule has 0 unspecified atom stereocenters.